The molecule has 1 aliphatic carbocycles. The Morgan fingerprint density at radius 3 is 2.73 bits per heavy atom. The van der Waals surface area contributed by atoms with E-state index in [1.165, 1.54) is 24.4 Å². The standard InChI is InChI=1S/C25H22F3N3O5S/c26-25(27,28)35-19-4-2-1-3-17(19)21-18(22(36-30-21)13-5-6-13)12-34-16-9-14-7-8-15(10-16)31(14)24-29-11-20(37-24)23(32)33/h1-4,9,11,13-15H,5-8,10,12H2,(H,32,33)/t14-,15?/m0/s1. The fourth-order valence-electron chi connectivity index (χ4n) is 5.06. The molecule has 0 radical (unpaired) electrons. The second-order valence-electron chi connectivity index (χ2n) is 9.34. The van der Waals surface area contributed by atoms with E-state index in [1.807, 2.05) is 6.08 Å². The lowest BCUT2D eigenvalue weighted by Crippen LogP contribution is -2.38. The molecule has 1 saturated heterocycles. The normalized spacial score (nSPS) is 21.2. The fraction of sp³-hybridized carbons (Fsp3) is 0.400. The van der Waals surface area contributed by atoms with Crippen LogP contribution in [0.3, 0.4) is 0 Å². The number of hydrogen-bond acceptors (Lipinski definition) is 8. The van der Waals surface area contributed by atoms with Gasteiger partial charge in [-0.2, -0.15) is 0 Å². The van der Waals surface area contributed by atoms with Gasteiger partial charge in [-0.3, -0.25) is 0 Å². The van der Waals surface area contributed by atoms with E-state index in [0.29, 0.717) is 22.9 Å². The number of hydrogen-bond donors (Lipinski definition) is 1. The highest BCUT2D eigenvalue weighted by Gasteiger charge is 2.40. The molecule has 0 spiro atoms. The molecular formula is C25H22F3N3O5S. The van der Waals surface area contributed by atoms with Crippen molar-refractivity contribution in [2.45, 2.75) is 63.1 Å². The molecule has 1 unspecified atom stereocenters. The van der Waals surface area contributed by atoms with Crippen LogP contribution < -0.4 is 9.64 Å². The number of carbonyl (C=O) groups is 1. The summed E-state index contributed by atoms with van der Waals surface area (Å²) < 4.78 is 55.1. The van der Waals surface area contributed by atoms with Crippen molar-refractivity contribution in [3.63, 3.8) is 0 Å². The molecule has 37 heavy (non-hydrogen) atoms. The van der Waals surface area contributed by atoms with Crippen LogP contribution in [0.2, 0.25) is 0 Å². The van der Waals surface area contributed by atoms with Crippen LogP contribution in [0.25, 0.3) is 11.3 Å². The highest BCUT2D eigenvalue weighted by molar-refractivity contribution is 7.17. The van der Waals surface area contributed by atoms with Crippen molar-refractivity contribution in [2.75, 3.05) is 4.90 Å². The number of halogens is 3. The molecule has 4 heterocycles. The molecule has 12 heteroatoms. The van der Waals surface area contributed by atoms with Gasteiger partial charge in [-0.15, -0.1) is 13.2 Å². The molecule has 2 fully saturated rings. The van der Waals surface area contributed by atoms with Crippen LogP contribution >= 0.6 is 11.3 Å². The van der Waals surface area contributed by atoms with Crippen molar-refractivity contribution in [2.24, 2.45) is 0 Å². The van der Waals surface area contributed by atoms with Crippen LogP contribution in [-0.4, -0.2) is 39.7 Å². The number of aromatic nitrogens is 2. The van der Waals surface area contributed by atoms with Gasteiger partial charge in [-0.25, -0.2) is 9.78 Å². The monoisotopic (exact) mass is 533 g/mol. The summed E-state index contributed by atoms with van der Waals surface area (Å²) in [6.45, 7) is 0.108. The minimum absolute atomic E-state index is 0.0345. The second kappa shape index (κ2) is 9.09. The lowest BCUT2D eigenvalue weighted by Gasteiger charge is -2.33. The van der Waals surface area contributed by atoms with Gasteiger partial charge in [0.1, 0.15) is 28.7 Å². The number of carboxylic acids is 1. The molecule has 2 atom stereocenters. The molecule has 2 aromatic heterocycles. The summed E-state index contributed by atoms with van der Waals surface area (Å²) in [5.74, 6) is 0.262. The predicted molar refractivity (Wildman–Crippen MR) is 126 cm³/mol. The molecule has 194 valence electrons. The number of rotatable bonds is 8. The Labute approximate surface area is 213 Å². The van der Waals surface area contributed by atoms with E-state index in [0.717, 1.165) is 42.8 Å². The summed E-state index contributed by atoms with van der Waals surface area (Å²) in [4.78, 5) is 17.9. The van der Waals surface area contributed by atoms with E-state index in [-0.39, 0.29) is 46.5 Å². The van der Waals surface area contributed by atoms with E-state index in [4.69, 9.17) is 9.26 Å². The van der Waals surface area contributed by atoms with Crippen molar-refractivity contribution in [3.8, 4) is 17.0 Å². The quantitative estimate of drug-likeness (QED) is 0.370. The van der Waals surface area contributed by atoms with Crippen LogP contribution in [0.15, 0.2) is 46.8 Å². The van der Waals surface area contributed by atoms with Crippen LogP contribution in [0.5, 0.6) is 5.75 Å². The van der Waals surface area contributed by atoms with Crippen molar-refractivity contribution < 1.29 is 37.1 Å². The molecule has 1 N–H and O–H groups in total. The van der Waals surface area contributed by atoms with E-state index < -0.39 is 12.3 Å². The number of fused-ring (bicyclic) bond motifs is 2. The highest BCUT2D eigenvalue weighted by atomic mass is 32.1. The third-order valence-corrected chi connectivity index (χ3v) is 7.82. The average Bonchev–Trinajstić information content (AvgIpc) is 3.30. The second-order valence-corrected chi connectivity index (χ2v) is 10.3. The maximum Gasteiger partial charge on any atom is 0.573 e. The number of carboxylic acid groups (broad SMARTS) is 1. The van der Waals surface area contributed by atoms with Gasteiger partial charge < -0.3 is 24.0 Å². The summed E-state index contributed by atoms with van der Waals surface area (Å²) in [6.07, 6.45) is 2.85. The predicted octanol–water partition coefficient (Wildman–Crippen LogP) is 6.11. The van der Waals surface area contributed by atoms with Gasteiger partial charge in [-0.1, -0.05) is 28.6 Å². The minimum Gasteiger partial charge on any atom is -0.493 e. The molecule has 2 bridgehead atoms. The summed E-state index contributed by atoms with van der Waals surface area (Å²) >= 11 is 1.16. The number of alkyl halides is 3. The van der Waals surface area contributed by atoms with Crippen molar-refractivity contribution in [1.82, 2.24) is 10.1 Å². The Bertz CT molecular complexity index is 1360. The number of anilines is 1. The number of aromatic carboxylic acids is 1. The number of nitrogens with zero attached hydrogens (tertiary/aromatic N) is 3. The molecule has 6 rings (SSSR count). The van der Waals surface area contributed by atoms with Gasteiger partial charge in [0.15, 0.2) is 5.13 Å². The summed E-state index contributed by atoms with van der Waals surface area (Å²) in [6, 6.07) is 6.04. The summed E-state index contributed by atoms with van der Waals surface area (Å²) in [5.41, 5.74) is 1.10. The molecule has 2 aliphatic heterocycles. The molecule has 8 nitrogen and oxygen atoms in total. The summed E-state index contributed by atoms with van der Waals surface area (Å²) in [5, 5.41) is 14.0. The van der Waals surface area contributed by atoms with Gasteiger partial charge in [0, 0.05) is 23.9 Å². The first-order chi connectivity index (χ1) is 17.8. The SMILES string of the molecule is O=C(O)c1cnc(N2C3CC[C@H]2C=C(OCc2c(-c4ccccc4OC(F)(F)F)noc2C2CC2)C3)s1. The van der Waals surface area contributed by atoms with Gasteiger partial charge in [0.05, 0.1) is 23.6 Å². The number of para-hydroxylation sites is 1. The topological polar surface area (TPSA) is 97.9 Å². The van der Waals surface area contributed by atoms with Crippen molar-refractivity contribution in [3.05, 3.63) is 58.5 Å². The Kier molecular flexibility index (Phi) is 5.85. The maximum atomic E-state index is 13.0. The first kappa shape index (κ1) is 23.8. The Morgan fingerprint density at radius 1 is 1.22 bits per heavy atom. The number of thiazole rings is 1. The van der Waals surface area contributed by atoms with Crippen LogP contribution in [0.1, 0.15) is 59.0 Å². The van der Waals surface area contributed by atoms with Gasteiger partial charge in [-0.05, 0) is 43.9 Å². The number of ether oxygens (including phenoxy) is 2. The van der Waals surface area contributed by atoms with Crippen LogP contribution in [0.4, 0.5) is 18.3 Å². The zero-order chi connectivity index (χ0) is 25.7. The first-order valence-corrected chi connectivity index (χ1v) is 12.7. The third kappa shape index (κ3) is 4.77. The van der Waals surface area contributed by atoms with Crippen LogP contribution in [0, 0.1) is 0 Å². The fourth-order valence-corrected chi connectivity index (χ4v) is 5.94. The van der Waals surface area contributed by atoms with Crippen molar-refractivity contribution >= 4 is 22.4 Å². The van der Waals surface area contributed by atoms with Gasteiger partial charge in [0.2, 0.25) is 0 Å². The molecule has 3 aromatic rings. The van der Waals surface area contributed by atoms with E-state index in [9.17, 15) is 23.1 Å². The van der Waals surface area contributed by atoms with Crippen LogP contribution in [-0.2, 0) is 11.3 Å². The van der Waals surface area contributed by atoms with Crippen molar-refractivity contribution in [1.29, 1.82) is 0 Å². The smallest absolute Gasteiger partial charge is 0.493 e. The van der Waals surface area contributed by atoms with Gasteiger partial charge in [0.25, 0.3) is 0 Å². The molecule has 1 saturated carbocycles. The Balaban J connectivity index is 1.24. The van der Waals surface area contributed by atoms with E-state index in [1.54, 1.807) is 6.07 Å². The maximum absolute atomic E-state index is 13.0. The lowest BCUT2D eigenvalue weighted by atomic mass is 10.0. The van der Waals surface area contributed by atoms with E-state index >= 15 is 0 Å². The molecule has 1 aromatic carbocycles. The minimum atomic E-state index is -4.84. The first-order valence-electron chi connectivity index (χ1n) is 11.9. The largest absolute Gasteiger partial charge is 0.573 e. The number of benzene rings is 1. The molecular weight excluding hydrogens is 511 g/mol. The Hall–Kier alpha value is -3.54. The average molecular weight is 534 g/mol. The Morgan fingerprint density at radius 2 is 2.03 bits per heavy atom. The third-order valence-electron chi connectivity index (χ3n) is 6.82. The summed E-state index contributed by atoms with van der Waals surface area (Å²) in [7, 11) is 0. The zero-order valence-corrected chi connectivity index (χ0v) is 20.2. The molecule has 3 aliphatic rings. The zero-order valence-electron chi connectivity index (χ0n) is 19.4. The van der Waals surface area contributed by atoms with Gasteiger partial charge >= 0.3 is 12.3 Å². The highest BCUT2D eigenvalue weighted by Crippen LogP contribution is 2.46. The van der Waals surface area contributed by atoms with E-state index in [2.05, 4.69) is 19.8 Å². The molecule has 0 amide bonds. The lowest BCUT2D eigenvalue weighted by molar-refractivity contribution is -0.274.